The fourth-order valence-corrected chi connectivity index (χ4v) is 2.58. The lowest BCUT2D eigenvalue weighted by atomic mass is 9.99. The van der Waals surface area contributed by atoms with Crippen LogP contribution >= 0.6 is 11.6 Å². The Bertz CT molecular complexity index is 480. The number of nitrogens with zero attached hydrogens (tertiary/aromatic N) is 1. The highest BCUT2D eigenvalue weighted by atomic mass is 35.5. The maximum absolute atomic E-state index is 13.6. The van der Waals surface area contributed by atoms with Gasteiger partial charge in [0.15, 0.2) is 0 Å². The molecule has 2 rings (SSSR count). The van der Waals surface area contributed by atoms with E-state index in [-0.39, 0.29) is 12.4 Å². The van der Waals surface area contributed by atoms with Gasteiger partial charge in [0, 0.05) is 17.1 Å². The van der Waals surface area contributed by atoms with E-state index in [2.05, 4.69) is 0 Å². The van der Waals surface area contributed by atoms with Crippen LogP contribution in [0.1, 0.15) is 25.3 Å². The molecule has 1 unspecified atom stereocenters. The Morgan fingerprint density at radius 1 is 1.61 bits per heavy atom. The molecule has 1 aliphatic rings. The minimum Gasteiger partial charge on any atom is -0.480 e. The van der Waals surface area contributed by atoms with E-state index < -0.39 is 11.5 Å². The van der Waals surface area contributed by atoms with Crippen molar-refractivity contribution in [1.29, 1.82) is 0 Å². The van der Waals surface area contributed by atoms with Gasteiger partial charge in [-0.3, -0.25) is 9.69 Å². The Hall–Kier alpha value is -1.13. The van der Waals surface area contributed by atoms with Crippen LogP contribution in [-0.4, -0.2) is 28.1 Å². The summed E-state index contributed by atoms with van der Waals surface area (Å²) < 4.78 is 13.6. The minimum absolute atomic E-state index is 0.273. The Labute approximate surface area is 110 Å². The van der Waals surface area contributed by atoms with Crippen LogP contribution in [0, 0.1) is 5.82 Å². The van der Waals surface area contributed by atoms with E-state index in [1.807, 2.05) is 0 Å². The summed E-state index contributed by atoms with van der Waals surface area (Å²) in [6, 6.07) is 4.35. The number of halogens is 2. The quantitative estimate of drug-likeness (QED) is 0.919. The molecule has 1 aliphatic heterocycles. The third-order valence-corrected chi connectivity index (χ3v) is 3.85. The molecule has 0 spiro atoms. The number of aliphatic carboxylic acids is 1. The number of hydrogen-bond acceptors (Lipinski definition) is 2. The van der Waals surface area contributed by atoms with Gasteiger partial charge in [0.25, 0.3) is 0 Å². The van der Waals surface area contributed by atoms with Gasteiger partial charge in [0.1, 0.15) is 11.4 Å². The largest absolute Gasteiger partial charge is 0.480 e. The van der Waals surface area contributed by atoms with Crippen molar-refractivity contribution in [2.45, 2.75) is 31.8 Å². The monoisotopic (exact) mass is 271 g/mol. The normalized spacial score (nSPS) is 24.4. The molecule has 0 saturated carbocycles. The smallest absolute Gasteiger partial charge is 0.323 e. The summed E-state index contributed by atoms with van der Waals surface area (Å²) in [6.45, 7) is 2.62. The van der Waals surface area contributed by atoms with Gasteiger partial charge in [-0.25, -0.2) is 4.39 Å². The first-order valence-electron chi connectivity index (χ1n) is 5.86. The summed E-state index contributed by atoms with van der Waals surface area (Å²) in [5, 5.41) is 9.74. The molecule has 1 aromatic rings. The van der Waals surface area contributed by atoms with Crippen LogP contribution in [0.2, 0.25) is 5.02 Å². The van der Waals surface area contributed by atoms with Crippen molar-refractivity contribution in [1.82, 2.24) is 4.90 Å². The van der Waals surface area contributed by atoms with Crippen LogP contribution in [0.15, 0.2) is 18.2 Å². The van der Waals surface area contributed by atoms with Crippen LogP contribution in [-0.2, 0) is 11.3 Å². The average Bonchev–Trinajstić information content (AvgIpc) is 2.67. The highest BCUT2D eigenvalue weighted by molar-refractivity contribution is 6.30. The van der Waals surface area contributed by atoms with Crippen LogP contribution in [0.4, 0.5) is 4.39 Å². The van der Waals surface area contributed by atoms with Crippen molar-refractivity contribution in [3.63, 3.8) is 0 Å². The summed E-state index contributed by atoms with van der Waals surface area (Å²) in [5.74, 6) is -1.21. The molecule has 5 heteroatoms. The van der Waals surface area contributed by atoms with Crippen molar-refractivity contribution in [2.24, 2.45) is 0 Å². The maximum Gasteiger partial charge on any atom is 0.323 e. The van der Waals surface area contributed by atoms with E-state index in [9.17, 15) is 14.3 Å². The molecule has 0 aromatic heterocycles. The van der Waals surface area contributed by atoms with Gasteiger partial charge in [-0.2, -0.15) is 0 Å². The molecule has 1 saturated heterocycles. The van der Waals surface area contributed by atoms with Crippen molar-refractivity contribution in [3.05, 3.63) is 34.6 Å². The second-order valence-electron chi connectivity index (χ2n) is 4.84. The standard InChI is InChI=1S/C13H15ClFNO2/c1-13(12(17)18)5-2-6-16(13)8-9-7-10(14)3-4-11(9)15/h3-4,7H,2,5-6,8H2,1H3,(H,17,18). The van der Waals surface area contributed by atoms with Gasteiger partial charge >= 0.3 is 5.97 Å². The minimum atomic E-state index is -0.908. The number of carboxylic acids is 1. The molecule has 98 valence electrons. The molecule has 0 radical (unpaired) electrons. The Kier molecular flexibility index (Phi) is 3.59. The van der Waals surface area contributed by atoms with Gasteiger partial charge in [0.2, 0.25) is 0 Å². The molecule has 18 heavy (non-hydrogen) atoms. The molecular formula is C13H15ClFNO2. The van der Waals surface area contributed by atoms with Crippen molar-refractivity contribution in [2.75, 3.05) is 6.54 Å². The Morgan fingerprint density at radius 3 is 3.00 bits per heavy atom. The van der Waals surface area contributed by atoms with Gasteiger partial charge in [-0.15, -0.1) is 0 Å². The van der Waals surface area contributed by atoms with Gasteiger partial charge in [0.05, 0.1) is 0 Å². The van der Waals surface area contributed by atoms with Crippen molar-refractivity contribution in [3.8, 4) is 0 Å². The molecule has 0 amide bonds. The predicted molar refractivity (Wildman–Crippen MR) is 67.1 cm³/mol. The molecule has 1 heterocycles. The van der Waals surface area contributed by atoms with E-state index >= 15 is 0 Å². The number of rotatable bonds is 3. The maximum atomic E-state index is 13.6. The van der Waals surface area contributed by atoms with Crippen LogP contribution < -0.4 is 0 Å². The Morgan fingerprint density at radius 2 is 2.33 bits per heavy atom. The fraction of sp³-hybridized carbons (Fsp3) is 0.462. The van der Waals surface area contributed by atoms with E-state index in [0.717, 1.165) is 6.42 Å². The topological polar surface area (TPSA) is 40.5 Å². The summed E-state index contributed by atoms with van der Waals surface area (Å²) in [4.78, 5) is 13.1. The van der Waals surface area contributed by atoms with Crippen LogP contribution in [0.3, 0.4) is 0 Å². The first-order valence-corrected chi connectivity index (χ1v) is 6.23. The molecule has 0 aliphatic carbocycles. The number of benzene rings is 1. The molecule has 1 fully saturated rings. The average molecular weight is 272 g/mol. The molecule has 1 atom stereocenters. The lowest BCUT2D eigenvalue weighted by Gasteiger charge is -2.31. The zero-order valence-corrected chi connectivity index (χ0v) is 10.9. The summed E-state index contributed by atoms with van der Waals surface area (Å²) in [6.07, 6.45) is 1.40. The summed E-state index contributed by atoms with van der Waals surface area (Å²) in [5.41, 5.74) is -0.466. The van der Waals surface area contributed by atoms with E-state index in [0.29, 0.717) is 23.6 Å². The third kappa shape index (κ3) is 2.35. The molecule has 3 nitrogen and oxygen atoms in total. The number of carbonyl (C=O) groups is 1. The predicted octanol–water partition coefficient (Wildman–Crippen LogP) is 2.92. The highest BCUT2D eigenvalue weighted by Gasteiger charge is 2.43. The first kappa shape index (κ1) is 13.3. The van der Waals surface area contributed by atoms with Gasteiger partial charge < -0.3 is 5.11 Å². The summed E-state index contributed by atoms with van der Waals surface area (Å²) in [7, 11) is 0. The number of carboxylic acid groups (broad SMARTS) is 1. The first-order chi connectivity index (χ1) is 8.43. The lowest BCUT2D eigenvalue weighted by molar-refractivity contribution is -0.148. The lowest BCUT2D eigenvalue weighted by Crippen LogP contribution is -2.47. The molecule has 1 aromatic carbocycles. The zero-order valence-electron chi connectivity index (χ0n) is 10.1. The van der Waals surface area contributed by atoms with Crippen LogP contribution in [0.5, 0.6) is 0 Å². The second kappa shape index (κ2) is 4.86. The van der Waals surface area contributed by atoms with Crippen molar-refractivity contribution >= 4 is 17.6 Å². The van der Waals surface area contributed by atoms with Crippen molar-refractivity contribution < 1.29 is 14.3 Å². The summed E-state index contributed by atoms with van der Waals surface area (Å²) >= 11 is 5.83. The molecule has 1 N–H and O–H groups in total. The number of hydrogen-bond donors (Lipinski definition) is 1. The van der Waals surface area contributed by atoms with Gasteiger partial charge in [-0.05, 0) is 44.5 Å². The fourth-order valence-electron chi connectivity index (χ4n) is 2.38. The molecular weight excluding hydrogens is 257 g/mol. The zero-order chi connectivity index (χ0) is 13.3. The second-order valence-corrected chi connectivity index (χ2v) is 5.28. The van der Waals surface area contributed by atoms with E-state index in [4.69, 9.17) is 11.6 Å². The van der Waals surface area contributed by atoms with E-state index in [1.54, 1.807) is 17.9 Å². The Balaban J connectivity index is 2.23. The van der Waals surface area contributed by atoms with E-state index in [1.165, 1.54) is 12.1 Å². The van der Waals surface area contributed by atoms with Gasteiger partial charge in [-0.1, -0.05) is 11.6 Å². The number of likely N-dealkylation sites (tertiary alicyclic amines) is 1. The highest BCUT2D eigenvalue weighted by Crippen LogP contribution is 2.31. The van der Waals surface area contributed by atoms with Crippen LogP contribution in [0.25, 0.3) is 0 Å². The SMILES string of the molecule is CC1(C(=O)O)CCCN1Cc1cc(Cl)ccc1F. The molecule has 0 bridgehead atoms. The third-order valence-electron chi connectivity index (χ3n) is 3.62.